The molecule has 2 amide bonds. The minimum absolute atomic E-state index is 0.00988. The standard InChI is InChI=1S/C31H24F6N2O5/c32-30(33,34)19-11-18(12-20(13-19)31(35,36)37)29(43)39-9-8-21(14-22(39)10-17-4-2-1-3-5-17)38-28(42)27-16-25(41)24-7-6-23(40)15-26(24)44-27/h1-7,11-13,15-16,21-22,40H,8-10,14H2,(H,38,42)/t21-,22+/m0/s1. The quantitative estimate of drug-likeness (QED) is 0.260. The highest BCUT2D eigenvalue weighted by Crippen LogP contribution is 2.37. The lowest BCUT2D eigenvalue weighted by molar-refractivity contribution is -0.143. The molecule has 13 heteroatoms. The summed E-state index contributed by atoms with van der Waals surface area (Å²) in [5, 5.41) is 12.6. The fourth-order valence-electron chi connectivity index (χ4n) is 5.29. The number of amides is 2. The first-order valence-electron chi connectivity index (χ1n) is 13.4. The van der Waals surface area contributed by atoms with E-state index in [1.165, 1.54) is 23.1 Å². The second kappa shape index (κ2) is 11.7. The lowest BCUT2D eigenvalue weighted by Gasteiger charge is -2.40. The van der Waals surface area contributed by atoms with Gasteiger partial charge in [-0.1, -0.05) is 30.3 Å². The summed E-state index contributed by atoms with van der Waals surface area (Å²) in [6, 6.07) is 13.1. The molecule has 1 fully saturated rings. The highest BCUT2D eigenvalue weighted by molar-refractivity contribution is 5.95. The van der Waals surface area contributed by atoms with Gasteiger partial charge in [0.1, 0.15) is 11.3 Å². The Bertz CT molecular complexity index is 1740. The molecule has 44 heavy (non-hydrogen) atoms. The van der Waals surface area contributed by atoms with E-state index in [0.717, 1.165) is 11.6 Å². The first-order valence-corrected chi connectivity index (χ1v) is 13.4. The Morgan fingerprint density at radius 3 is 2.20 bits per heavy atom. The maximum absolute atomic E-state index is 13.5. The average molecular weight is 619 g/mol. The topological polar surface area (TPSA) is 99.9 Å². The smallest absolute Gasteiger partial charge is 0.416 e. The molecule has 0 spiro atoms. The molecular formula is C31H24F6N2O5. The van der Waals surface area contributed by atoms with Gasteiger partial charge in [0.25, 0.3) is 11.8 Å². The number of alkyl halides is 6. The van der Waals surface area contributed by atoms with Gasteiger partial charge in [-0.15, -0.1) is 0 Å². The van der Waals surface area contributed by atoms with E-state index in [9.17, 15) is 45.8 Å². The maximum Gasteiger partial charge on any atom is 0.416 e. The molecule has 0 radical (unpaired) electrons. The number of carbonyl (C=O) groups excluding carboxylic acids is 2. The monoisotopic (exact) mass is 618 g/mol. The van der Waals surface area contributed by atoms with Crippen LogP contribution in [0, 0.1) is 0 Å². The van der Waals surface area contributed by atoms with Crippen molar-refractivity contribution in [2.45, 2.75) is 43.7 Å². The van der Waals surface area contributed by atoms with Gasteiger partial charge < -0.3 is 19.7 Å². The Labute approximate surface area is 245 Å². The summed E-state index contributed by atoms with van der Waals surface area (Å²) >= 11 is 0. The van der Waals surface area contributed by atoms with Crippen LogP contribution in [0.1, 0.15) is 50.4 Å². The van der Waals surface area contributed by atoms with Crippen molar-refractivity contribution in [1.29, 1.82) is 0 Å². The zero-order chi connectivity index (χ0) is 31.8. The van der Waals surface area contributed by atoms with Gasteiger partial charge in [-0.2, -0.15) is 26.3 Å². The van der Waals surface area contributed by atoms with Crippen LogP contribution in [-0.2, 0) is 18.8 Å². The van der Waals surface area contributed by atoms with Crippen LogP contribution < -0.4 is 10.7 Å². The van der Waals surface area contributed by atoms with E-state index in [0.29, 0.717) is 12.1 Å². The lowest BCUT2D eigenvalue weighted by Crippen LogP contribution is -2.52. The fourth-order valence-corrected chi connectivity index (χ4v) is 5.29. The van der Waals surface area contributed by atoms with E-state index >= 15 is 0 Å². The minimum atomic E-state index is -5.12. The molecule has 7 nitrogen and oxygen atoms in total. The molecule has 5 rings (SSSR count). The molecule has 4 aromatic rings. The van der Waals surface area contributed by atoms with Gasteiger partial charge in [-0.3, -0.25) is 14.4 Å². The third-order valence-electron chi connectivity index (χ3n) is 7.40. The van der Waals surface area contributed by atoms with E-state index in [-0.39, 0.29) is 54.4 Å². The Hall–Kier alpha value is -4.81. The van der Waals surface area contributed by atoms with Gasteiger partial charge in [-0.05, 0) is 55.2 Å². The van der Waals surface area contributed by atoms with Crippen LogP contribution >= 0.6 is 0 Å². The maximum atomic E-state index is 13.5. The summed E-state index contributed by atoms with van der Waals surface area (Å²) in [6.07, 6.45) is -9.81. The van der Waals surface area contributed by atoms with E-state index in [1.54, 1.807) is 30.3 Å². The largest absolute Gasteiger partial charge is 0.508 e. The van der Waals surface area contributed by atoms with Gasteiger partial charge in [0, 0.05) is 36.3 Å². The van der Waals surface area contributed by atoms with E-state index in [1.807, 2.05) is 0 Å². The van der Waals surface area contributed by atoms with Crippen molar-refractivity contribution >= 4 is 22.8 Å². The summed E-state index contributed by atoms with van der Waals surface area (Å²) < 4.78 is 86.4. The second-order valence-corrected chi connectivity index (χ2v) is 10.5. The zero-order valence-corrected chi connectivity index (χ0v) is 22.7. The molecule has 0 bridgehead atoms. The van der Waals surface area contributed by atoms with Gasteiger partial charge in [-0.25, -0.2) is 0 Å². The van der Waals surface area contributed by atoms with Crippen LogP contribution in [0.5, 0.6) is 5.75 Å². The van der Waals surface area contributed by atoms with Gasteiger partial charge in [0.05, 0.1) is 16.5 Å². The third-order valence-corrected chi connectivity index (χ3v) is 7.40. The SMILES string of the molecule is O=C(N[C@H]1CCN(C(=O)c2cc(C(F)(F)F)cc(C(F)(F)F)c2)[C@H](Cc2ccccc2)C1)c1cc(=O)c2ccc(O)cc2o1. The molecule has 0 saturated carbocycles. The van der Waals surface area contributed by atoms with Crippen LogP contribution in [0.4, 0.5) is 26.3 Å². The molecule has 0 unspecified atom stereocenters. The van der Waals surface area contributed by atoms with E-state index in [2.05, 4.69) is 5.32 Å². The van der Waals surface area contributed by atoms with Crippen molar-refractivity contribution in [3.63, 3.8) is 0 Å². The first kappa shape index (κ1) is 30.6. The number of piperidine rings is 1. The molecule has 2 N–H and O–H groups in total. The average Bonchev–Trinajstić information content (AvgIpc) is 2.96. The predicted octanol–water partition coefficient (Wildman–Crippen LogP) is 6.18. The normalized spacial score (nSPS) is 17.5. The number of nitrogens with one attached hydrogen (secondary N) is 1. The van der Waals surface area contributed by atoms with Crippen LogP contribution in [0.15, 0.2) is 82.0 Å². The molecule has 1 aliphatic heterocycles. The minimum Gasteiger partial charge on any atom is -0.508 e. The first-order chi connectivity index (χ1) is 20.7. The van der Waals surface area contributed by atoms with Crippen LogP contribution in [0.25, 0.3) is 11.0 Å². The third kappa shape index (κ3) is 6.71. The van der Waals surface area contributed by atoms with Crippen molar-refractivity contribution in [1.82, 2.24) is 10.2 Å². The fraction of sp³-hybridized carbons (Fsp3) is 0.258. The zero-order valence-electron chi connectivity index (χ0n) is 22.7. The summed E-state index contributed by atoms with van der Waals surface area (Å²) in [4.78, 5) is 40.3. The van der Waals surface area contributed by atoms with E-state index in [4.69, 9.17) is 4.42 Å². The number of hydrogen-bond acceptors (Lipinski definition) is 5. The molecule has 1 aromatic heterocycles. The number of likely N-dealkylation sites (tertiary alicyclic amines) is 1. The second-order valence-electron chi connectivity index (χ2n) is 10.5. The molecule has 0 aliphatic carbocycles. The molecule has 2 atom stereocenters. The Morgan fingerprint density at radius 2 is 1.57 bits per heavy atom. The van der Waals surface area contributed by atoms with Gasteiger partial charge in [0.2, 0.25) is 0 Å². The van der Waals surface area contributed by atoms with Crippen LogP contribution in [0.3, 0.4) is 0 Å². The lowest BCUT2D eigenvalue weighted by atomic mass is 9.91. The highest BCUT2D eigenvalue weighted by atomic mass is 19.4. The number of benzene rings is 3. The van der Waals surface area contributed by atoms with Crippen molar-refractivity contribution in [3.05, 3.63) is 111 Å². The summed E-state index contributed by atoms with van der Waals surface area (Å²) in [7, 11) is 0. The number of nitrogens with zero attached hydrogens (tertiary/aromatic N) is 1. The Morgan fingerprint density at radius 1 is 0.909 bits per heavy atom. The predicted molar refractivity (Wildman–Crippen MR) is 146 cm³/mol. The van der Waals surface area contributed by atoms with Crippen molar-refractivity contribution < 1.29 is 45.5 Å². The van der Waals surface area contributed by atoms with Crippen molar-refractivity contribution in [3.8, 4) is 5.75 Å². The Balaban J connectivity index is 1.42. The number of hydrogen-bond donors (Lipinski definition) is 2. The Kier molecular flexibility index (Phi) is 8.15. The van der Waals surface area contributed by atoms with Gasteiger partial charge >= 0.3 is 12.4 Å². The van der Waals surface area contributed by atoms with Crippen LogP contribution in [0.2, 0.25) is 0 Å². The molecule has 2 heterocycles. The number of phenols is 1. The van der Waals surface area contributed by atoms with Crippen LogP contribution in [-0.4, -0.2) is 40.4 Å². The van der Waals surface area contributed by atoms with Gasteiger partial charge in [0.15, 0.2) is 11.2 Å². The van der Waals surface area contributed by atoms with E-state index < -0.39 is 58.4 Å². The number of fused-ring (bicyclic) bond motifs is 1. The molecule has 1 saturated heterocycles. The van der Waals surface area contributed by atoms with Crippen molar-refractivity contribution in [2.24, 2.45) is 0 Å². The number of rotatable bonds is 5. The highest BCUT2D eigenvalue weighted by Gasteiger charge is 2.39. The number of aromatic hydroxyl groups is 1. The van der Waals surface area contributed by atoms with Crippen molar-refractivity contribution in [2.75, 3.05) is 6.54 Å². The summed E-state index contributed by atoms with van der Waals surface area (Å²) in [6.45, 7) is -0.0889. The number of carbonyl (C=O) groups is 2. The summed E-state index contributed by atoms with van der Waals surface area (Å²) in [5.74, 6) is -2.26. The molecule has 3 aromatic carbocycles. The number of halogens is 6. The summed E-state index contributed by atoms with van der Waals surface area (Å²) in [5.41, 5.74) is -3.72. The molecule has 1 aliphatic rings. The molecular weight excluding hydrogens is 594 g/mol. The molecule has 230 valence electrons. The number of phenolic OH excluding ortho intramolecular Hbond substituents is 1.